The standard InChI is InChI=1S/C18H26FNO/c1-4-21-16-11-15(18(16,2)3)20-17(12-5-6-12)13-7-9-14(19)10-8-13/h7-10,12,15-17,20H,4-6,11H2,1-3H3. The molecule has 1 aromatic rings. The molecule has 2 aliphatic rings. The zero-order chi connectivity index (χ0) is 15.0. The summed E-state index contributed by atoms with van der Waals surface area (Å²) in [5.41, 5.74) is 1.39. The van der Waals surface area contributed by atoms with E-state index in [9.17, 15) is 4.39 Å². The Kier molecular flexibility index (Phi) is 4.06. The van der Waals surface area contributed by atoms with Crippen molar-refractivity contribution >= 4 is 0 Å². The Morgan fingerprint density at radius 2 is 1.95 bits per heavy atom. The first-order valence-electron chi connectivity index (χ1n) is 8.15. The topological polar surface area (TPSA) is 21.3 Å². The van der Waals surface area contributed by atoms with Gasteiger partial charge in [0.15, 0.2) is 0 Å². The Morgan fingerprint density at radius 1 is 1.29 bits per heavy atom. The van der Waals surface area contributed by atoms with E-state index < -0.39 is 0 Å². The van der Waals surface area contributed by atoms with Crippen LogP contribution in [0.2, 0.25) is 0 Å². The van der Waals surface area contributed by atoms with Gasteiger partial charge in [0, 0.05) is 24.1 Å². The minimum atomic E-state index is -0.159. The zero-order valence-electron chi connectivity index (χ0n) is 13.2. The SMILES string of the molecule is CCOC1CC(NC(c2ccc(F)cc2)C2CC2)C1(C)C. The van der Waals surface area contributed by atoms with Gasteiger partial charge >= 0.3 is 0 Å². The fraction of sp³-hybridized carbons (Fsp3) is 0.667. The van der Waals surface area contributed by atoms with Crippen LogP contribution in [0.5, 0.6) is 0 Å². The van der Waals surface area contributed by atoms with Crippen LogP contribution in [-0.2, 0) is 4.74 Å². The van der Waals surface area contributed by atoms with Crippen molar-refractivity contribution in [2.45, 2.75) is 58.2 Å². The molecule has 2 fully saturated rings. The van der Waals surface area contributed by atoms with E-state index in [0.717, 1.165) is 13.0 Å². The van der Waals surface area contributed by atoms with Crippen molar-refractivity contribution in [3.8, 4) is 0 Å². The Balaban J connectivity index is 1.68. The first kappa shape index (κ1) is 15.0. The molecule has 116 valence electrons. The molecule has 0 radical (unpaired) electrons. The summed E-state index contributed by atoms with van der Waals surface area (Å²) in [6, 6.07) is 7.83. The van der Waals surface area contributed by atoms with Crippen LogP contribution in [0.4, 0.5) is 4.39 Å². The summed E-state index contributed by atoms with van der Waals surface area (Å²) in [6.45, 7) is 7.40. The molecule has 3 rings (SSSR count). The summed E-state index contributed by atoms with van der Waals surface area (Å²) in [5.74, 6) is 0.547. The quantitative estimate of drug-likeness (QED) is 0.853. The number of nitrogens with one attached hydrogen (secondary N) is 1. The zero-order valence-corrected chi connectivity index (χ0v) is 13.2. The molecule has 1 aromatic carbocycles. The van der Waals surface area contributed by atoms with Gasteiger partial charge in [0.2, 0.25) is 0 Å². The maximum absolute atomic E-state index is 13.1. The summed E-state index contributed by atoms with van der Waals surface area (Å²) in [7, 11) is 0. The molecular formula is C18H26FNO. The monoisotopic (exact) mass is 291 g/mol. The molecule has 21 heavy (non-hydrogen) atoms. The maximum Gasteiger partial charge on any atom is 0.123 e. The minimum absolute atomic E-state index is 0.159. The van der Waals surface area contributed by atoms with E-state index in [1.54, 1.807) is 12.1 Å². The van der Waals surface area contributed by atoms with Crippen molar-refractivity contribution in [3.05, 3.63) is 35.6 Å². The summed E-state index contributed by atoms with van der Waals surface area (Å²) in [5, 5.41) is 3.83. The van der Waals surface area contributed by atoms with Crippen LogP contribution in [-0.4, -0.2) is 18.8 Å². The smallest absolute Gasteiger partial charge is 0.123 e. The summed E-state index contributed by atoms with van der Waals surface area (Å²) in [4.78, 5) is 0. The molecule has 3 heteroatoms. The van der Waals surface area contributed by atoms with Crippen molar-refractivity contribution in [3.63, 3.8) is 0 Å². The van der Waals surface area contributed by atoms with E-state index in [-0.39, 0.29) is 11.2 Å². The second kappa shape index (κ2) is 5.69. The van der Waals surface area contributed by atoms with Gasteiger partial charge in [-0.2, -0.15) is 0 Å². The molecule has 0 heterocycles. The highest BCUT2D eigenvalue weighted by atomic mass is 19.1. The van der Waals surface area contributed by atoms with Crippen LogP contribution in [0.1, 0.15) is 51.6 Å². The highest BCUT2D eigenvalue weighted by Gasteiger charge is 2.50. The van der Waals surface area contributed by atoms with Gasteiger partial charge in [0.05, 0.1) is 6.10 Å². The van der Waals surface area contributed by atoms with Crippen LogP contribution in [0, 0.1) is 17.2 Å². The van der Waals surface area contributed by atoms with Crippen molar-refractivity contribution < 1.29 is 9.13 Å². The molecule has 0 bridgehead atoms. The molecule has 2 nitrogen and oxygen atoms in total. The molecular weight excluding hydrogens is 265 g/mol. The minimum Gasteiger partial charge on any atom is -0.378 e. The van der Waals surface area contributed by atoms with Gasteiger partial charge in [0.25, 0.3) is 0 Å². The lowest BCUT2D eigenvalue weighted by Crippen LogP contribution is -2.61. The number of benzene rings is 1. The highest BCUT2D eigenvalue weighted by molar-refractivity contribution is 5.23. The largest absolute Gasteiger partial charge is 0.378 e. The van der Waals surface area contributed by atoms with E-state index in [1.165, 1.54) is 18.4 Å². The van der Waals surface area contributed by atoms with Crippen LogP contribution in [0.25, 0.3) is 0 Å². The molecule has 2 aliphatic carbocycles. The van der Waals surface area contributed by atoms with Gasteiger partial charge in [0.1, 0.15) is 5.82 Å². The van der Waals surface area contributed by atoms with Crippen LogP contribution < -0.4 is 5.32 Å². The molecule has 3 atom stereocenters. The fourth-order valence-corrected chi connectivity index (χ4v) is 3.47. The second-order valence-electron chi connectivity index (χ2n) is 7.09. The molecule has 1 N–H and O–H groups in total. The van der Waals surface area contributed by atoms with Crippen molar-refractivity contribution in [1.29, 1.82) is 0 Å². The number of rotatable bonds is 6. The van der Waals surface area contributed by atoms with Crippen molar-refractivity contribution in [1.82, 2.24) is 5.32 Å². The molecule has 2 saturated carbocycles. The number of hydrogen-bond donors (Lipinski definition) is 1. The molecule has 0 aliphatic heterocycles. The lowest BCUT2D eigenvalue weighted by molar-refractivity contribution is -0.117. The Hall–Kier alpha value is -0.930. The average Bonchev–Trinajstić information content (AvgIpc) is 3.28. The number of halogens is 1. The third kappa shape index (κ3) is 3.00. The number of hydrogen-bond acceptors (Lipinski definition) is 2. The maximum atomic E-state index is 13.1. The Morgan fingerprint density at radius 3 is 2.48 bits per heavy atom. The predicted molar refractivity (Wildman–Crippen MR) is 82.6 cm³/mol. The first-order chi connectivity index (χ1) is 10.0. The molecule has 0 amide bonds. The number of ether oxygens (including phenoxy) is 1. The lowest BCUT2D eigenvalue weighted by atomic mass is 9.64. The van der Waals surface area contributed by atoms with Crippen LogP contribution in [0.3, 0.4) is 0 Å². The van der Waals surface area contributed by atoms with Crippen molar-refractivity contribution in [2.75, 3.05) is 6.61 Å². The third-order valence-electron chi connectivity index (χ3n) is 5.25. The normalized spacial score (nSPS) is 29.0. The van der Waals surface area contributed by atoms with Gasteiger partial charge < -0.3 is 10.1 Å². The molecule has 0 aromatic heterocycles. The fourth-order valence-electron chi connectivity index (χ4n) is 3.47. The van der Waals surface area contributed by atoms with E-state index >= 15 is 0 Å². The molecule has 0 spiro atoms. The van der Waals surface area contributed by atoms with Gasteiger partial charge in [-0.1, -0.05) is 26.0 Å². The van der Waals surface area contributed by atoms with Gasteiger partial charge in [-0.15, -0.1) is 0 Å². The van der Waals surface area contributed by atoms with E-state index in [1.807, 2.05) is 12.1 Å². The lowest BCUT2D eigenvalue weighted by Gasteiger charge is -2.53. The van der Waals surface area contributed by atoms with Gasteiger partial charge in [-0.3, -0.25) is 0 Å². The van der Waals surface area contributed by atoms with Crippen LogP contribution >= 0.6 is 0 Å². The summed E-state index contributed by atoms with van der Waals surface area (Å²) in [6.07, 6.45) is 3.98. The highest BCUT2D eigenvalue weighted by Crippen LogP contribution is 2.47. The average molecular weight is 291 g/mol. The van der Waals surface area contributed by atoms with Crippen LogP contribution in [0.15, 0.2) is 24.3 Å². The van der Waals surface area contributed by atoms with E-state index in [0.29, 0.717) is 24.1 Å². The van der Waals surface area contributed by atoms with E-state index in [4.69, 9.17) is 4.74 Å². The second-order valence-corrected chi connectivity index (χ2v) is 7.09. The molecule has 3 unspecified atom stereocenters. The van der Waals surface area contributed by atoms with E-state index in [2.05, 4.69) is 26.1 Å². The summed E-state index contributed by atoms with van der Waals surface area (Å²) >= 11 is 0. The van der Waals surface area contributed by atoms with Gasteiger partial charge in [-0.25, -0.2) is 4.39 Å². The molecule has 0 saturated heterocycles. The Labute approximate surface area is 127 Å². The first-order valence-corrected chi connectivity index (χ1v) is 8.15. The van der Waals surface area contributed by atoms with Gasteiger partial charge in [-0.05, 0) is 49.8 Å². The Bertz CT molecular complexity index is 480. The van der Waals surface area contributed by atoms with Crippen molar-refractivity contribution in [2.24, 2.45) is 11.3 Å². The third-order valence-corrected chi connectivity index (χ3v) is 5.25. The predicted octanol–water partition coefficient (Wildman–Crippen LogP) is 4.07. The summed E-state index contributed by atoms with van der Waals surface area (Å²) < 4.78 is 18.9.